The minimum absolute atomic E-state index is 0.163. The third-order valence-corrected chi connectivity index (χ3v) is 5.82. The smallest absolute Gasteiger partial charge is 0.338 e. The Balaban J connectivity index is 1.94. The first-order valence-corrected chi connectivity index (χ1v) is 10.9. The minimum Gasteiger partial charge on any atom is -0.462 e. The van der Waals surface area contributed by atoms with Crippen LogP contribution in [0.25, 0.3) is 22.6 Å². The summed E-state index contributed by atoms with van der Waals surface area (Å²) in [7, 11) is 1.61. The molecule has 10 heteroatoms. The Bertz CT molecular complexity index is 1470. The first-order valence-electron chi connectivity index (χ1n) is 10.9. The largest absolute Gasteiger partial charge is 0.462 e. The number of ether oxygens (including phenoxy) is 2. The molecule has 0 aliphatic carbocycles. The number of esters is 1. The molecular formula is C23H27N5O5. The number of aromatic nitrogens is 5. The molecule has 0 N–H and O–H groups in total. The molecule has 0 unspecified atom stereocenters. The fourth-order valence-electron chi connectivity index (χ4n) is 4.02. The lowest BCUT2D eigenvalue weighted by Gasteiger charge is -2.09. The molecule has 0 bridgehead atoms. The van der Waals surface area contributed by atoms with E-state index in [2.05, 4.69) is 4.98 Å². The summed E-state index contributed by atoms with van der Waals surface area (Å²) in [5.74, 6) is 0.127. The van der Waals surface area contributed by atoms with Crippen molar-refractivity contribution in [2.75, 3.05) is 19.8 Å². The van der Waals surface area contributed by atoms with E-state index >= 15 is 0 Å². The lowest BCUT2D eigenvalue weighted by Crippen LogP contribution is -2.40. The molecule has 3 aromatic heterocycles. The molecule has 0 atom stereocenters. The Kier molecular flexibility index (Phi) is 5.94. The molecule has 0 spiro atoms. The summed E-state index contributed by atoms with van der Waals surface area (Å²) in [5, 5.41) is 0. The molecule has 174 valence electrons. The molecule has 4 rings (SSSR count). The molecule has 0 radical (unpaired) electrons. The Labute approximate surface area is 189 Å². The van der Waals surface area contributed by atoms with Crippen molar-refractivity contribution in [3.8, 4) is 5.69 Å². The van der Waals surface area contributed by atoms with Gasteiger partial charge in [0, 0.05) is 30.7 Å². The van der Waals surface area contributed by atoms with Crippen LogP contribution in [-0.2, 0) is 23.1 Å². The number of rotatable bonds is 7. The predicted molar refractivity (Wildman–Crippen MR) is 123 cm³/mol. The zero-order valence-electron chi connectivity index (χ0n) is 19.4. The van der Waals surface area contributed by atoms with Crippen molar-refractivity contribution in [2.45, 2.75) is 34.2 Å². The van der Waals surface area contributed by atoms with Gasteiger partial charge in [-0.3, -0.25) is 22.9 Å². The van der Waals surface area contributed by atoms with Crippen LogP contribution >= 0.6 is 0 Å². The molecule has 0 aliphatic rings. The zero-order chi connectivity index (χ0) is 23.9. The molecule has 33 heavy (non-hydrogen) atoms. The van der Waals surface area contributed by atoms with Crippen LogP contribution in [0.1, 0.15) is 35.6 Å². The van der Waals surface area contributed by atoms with Crippen LogP contribution < -0.4 is 11.2 Å². The van der Waals surface area contributed by atoms with Crippen molar-refractivity contribution in [3.63, 3.8) is 0 Å². The number of benzene rings is 1. The number of nitrogens with zero attached hydrogens (tertiary/aromatic N) is 5. The number of fused-ring (bicyclic) bond motifs is 3. The van der Waals surface area contributed by atoms with E-state index in [1.807, 2.05) is 25.3 Å². The third kappa shape index (κ3) is 3.56. The van der Waals surface area contributed by atoms with Gasteiger partial charge in [0.25, 0.3) is 5.56 Å². The molecule has 0 saturated carbocycles. The highest BCUT2D eigenvalue weighted by atomic mass is 16.5. The van der Waals surface area contributed by atoms with E-state index in [0.29, 0.717) is 35.7 Å². The van der Waals surface area contributed by atoms with Crippen LogP contribution in [0.15, 0.2) is 33.9 Å². The molecule has 10 nitrogen and oxygen atoms in total. The molecule has 0 amide bonds. The number of carbonyl (C=O) groups is 1. The highest BCUT2D eigenvalue weighted by Crippen LogP contribution is 2.24. The predicted octanol–water partition coefficient (Wildman–Crippen LogP) is 1.97. The lowest BCUT2D eigenvalue weighted by molar-refractivity contribution is 0.0526. The molecule has 4 aromatic rings. The quantitative estimate of drug-likeness (QED) is 0.313. The summed E-state index contributed by atoms with van der Waals surface area (Å²) in [5.41, 5.74) is 2.75. The summed E-state index contributed by atoms with van der Waals surface area (Å²) in [6.07, 6.45) is 0. The van der Waals surface area contributed by atoms with Crippen molar-refractivity contribution in [3.05, 3.63) is 62.1 Å². The van der Waals surface area contributed by atoms with E-state index < -0.39 is 11.2 Å². The van der Waals surface area contributed by atoms with Crippen molar-refractivity contribution in [2.24, 2.45) is 7.05 Å². The number of imidazole rings is 2. The fourth-order valence-corrected chi connectivity index (χ4v) is 4.02. The maximum absolute atomic E-state index is 13.3. The number of aryl methyl sites for hydroxylation is 2. The normalized spacial score (nSPS) is 11.5. The Morgan fingerprint density at radius 3 is 2.36 bits per heavy atom. The summed E-state index contributed by atoms with van der Waals surface area (Å²) in [4.78, 5) is 42.8. The first-order chi connectivity index (χ1) is 15.8. The van der Waals surface area contributed by atoms with Crippen LogP contribution in [0.3, 0.4) is 0 Å². The Morgan fingerprint density at radius 2 is 1.73 bits per heavy atom. The summed E-state index contributed by atoms with van der Waals surface area (Å²) < 4.78 is 16.7. The molecular weight excluding hydrogens is 426 g/mol. The fraction of sp³-hybridized carbons (Fsp3) is 0.391. The van der Waals surface area contributed by atoms with Crippen LogP contribution in [0, 0.1) is 13.8 Å². The standard InChI is InChI=1S/C23H27N5O5/c1-6-32-13-12-26-20(29)18-19(25(5)23(26)31)24-22-27(14(3)15(4)28(18)22)17-10-8-16(9-11-17)21(30)33-7-2/h8-11H,6-7,12-13H2,1-5H3. The third-order valence-electron chi connectivity index (χ3n) is 5.82. The van der Waals surface area contributed by atoms with E-state index in [-0.39, 0.29) is 19.1 Å². The van der Waals surface area contributed by atoms with Gasteiger partial charge in [-0.2, -0.15) is 4.98 Å². The maximum atomic E-state index is 13.3. The number of hydrogen-bond acceptors (Lipinski definition) is 6. The summed E-state index contributed by atoms with van der Waals surface area (Å²) in [6.45, 7) is 8.70. The topological polar surface area (TPSA) is 102 Å². The van der Waals surface area contributed by atoms with Gasteiger partial charge in [-0.1, -0.05) is 0 Å². The number of carbonyl (C=O) groups excluding carboxylic acids is 1. The monoisotopic (exact) mass is 453 g/mol. The highest BCUT2D eigenvalue weighted by Gasteiger charge is 2.23. The van der Waals surface area contributed by atoms with E-state index in [0.717, 1.165) is 17.1 Å². The van der Waals surface area contributed by atoms with Crippen LogP contribution in [0.2, 0.25) is 0 Å². The van der Waals surface area contributed by atoms with E-state index in [9.17, 15) is 14.4 Å². The van der Waals surface area contributed by atoms with Crippen LogP contribution in [0.5, 0.6) is 0 Å². The summed E-state index contributed by atoms with van der Waals surface area (Å²) >= 11 is 0. The average molecular weight is 453 g/mol. The SMILES string of the molecule is CCOCCn1c(=O)c2c(nc3n(-c4ccc(C(=O)OCC)cc4)c(C)c(C)n23)n(C)c1=O. The molecule has 0 fully saturated rings. The zero-order valence-corrected chi connectivity index (χ0v) is 19.4. The van der Waals surface area contributed by atoms with Crippen molar-refractivity contribution >= 4 is 22.9 Å². The molecule has 1 aromatic carbocycles. The van der Waals surface area contributed by atoms with Crippen LogP contribution in [0.4, 0.5) is 0 Å². The number of hydrogen-bond donors (Lipinski definition) is 0. The molecule has 0 aliphatic heterocycles. The van der Waals surface area contributed by atoms with Gasteiger partial charge in [0.2, 0.25) is 5.78 Å². The van der Waals surface area contributed by atoms with Gasteiger partial charge in [-0.25, -0.2) is 9.59 Å². The van der Waals surface area contributed by atoms with Gasteiger partial charge in [0.15, 0.2) is 11.2 Å². The first kappa shape index (κ1) is 22.5. The Morgan fingerprint density at radius 1 is 1.03 bits per heavy atom. The lowest BCUT2D eigenvalue weighted by atomic mass is 10.2. The molecule has 3 heterocycles. The maximum Gasteiger partial charge on any atom is 0.338 e. The highest BCUT2D eigenvalue weighted by molar-refractivity contribution is 5.89. The average Bonchev–Trinajstić information content (AvgIpc) is 3.30. The van der Waals surface area contributed by atoms with Gasteiger partial charge in [0.1, 0.15) is 0 Å². The van der Waals surface area contributed by atoms with E-state index in [4.69, 9.17) is 9.47 Å². The van der Waals surface area contributed by atoms with Gasteiger partial charge in [-0.15, -0.1) is 0 Å². The van der Waals surface area contributed by atoms with Gasteiger partial charge >= 0.3 is 11.7 Å². The van der Waals surface area contributed by atoms with Crippen molar-refractivity contribution in [1.82, 2.24) is 23.1 Å². The van der Waals surface area contributed by atoms with E-state index in [1.165, 1.54) is 9.13 Å². The van der Waals surface area contributed by atoms with Gasteiger partial charge in [-0.05, 0) is 52.0 Å². The Hall–Kier alpha value is -3.66. The van der Waals surface area contributed by atoms with Crippen LogP contribution in [-0.4, -0.2) is 48.9 Å². The van der Waals surface area contributed by atoms with E-state index in [1.54, 1.807) is 42.6 Å². The molecule has 0 saturated heterocycles. The minimum atomic E-state index is -0.437. The van der Waals surface area contributed by atoms with Crippen molar-refractivity contribution < 1.29 is 14.3 Å². The second-order valence-electron chi connectivity index (χ2n) is 7.69. The van der Waals surface area contributed by atoms with Crippen molar-refractivity contribution in [1.29, 1.82) is 0 Å². The summed E-state index contributed by atoms with van der Waals surface area (Å²) in [6, 6.07) is 6.99. The van der Waals surface area contributed by atoms with Gasteiger partial charge in [0.05, 0.1) is 25.3 Å². The second-order valence-corrected chi connectivity index (χ2v) is 7.69. The van der Waals surface area contributed by atoms with Gasteiger partial charge < -0.3 is 9.47 Å². The second kappa shape index (κ2) is 8.70.